The highest BCUT2D eigenvalue weighted by atomic mass is 32.2. The van der Waals surface area contributed by atoms with Crippen LogP contribution in [0, 0.1) is 66.1 Å². The van der Waals surface area contributed by atoms with Crippen LogP contribution in [0.2, 0.25) is 0 Å². The molecular weight excluding hydrogens is 544 g/mol. The quantitative estimate of drug-likeness (QED) is 0.316. The van der Waals surface area contributed by atoms with Crippen LogP contribution in [0.15, 0.2) is 23.1 Å². The first-order valence-corrected chi connectivity index (χ1v) is 18.6. The van der Waals surface area contributed by atoms with Crippen LogP contribution in [0.25, 0.3) is 0 Å². The molecule has 11 atom stereocenters. The fraction of sp³-hybridized carbons (Fsp3) is 0.806. The number of fused-ring (bicyclic) bond motifs is 5. The molecule has 5 rings (SSSR count). The van der Waals surface area contributed by atoms with Gasteiger partial charge in [-0.1, -0.05) is 46.6 Å². The summed E-state index contributed by atoms with van der Waals surface area (Å²) in [6.07, 6.45) is 10.0. The molecule has 0 heterocycles. The van der Waals surface area contributed by atoms with Crippen molar-refractivity contribution in [2.45, 2.75) is 129 Å². The van der Waals surface area contributed by atoms with Gasteiger partial charge in [-0.15, -0.1) is 0 Å². The van der Waals surface area contributed by atoms with Gasteiger partial charge >= 0.3 is 0 Å². The van der Waals surface area contributed by atoms with Crippen molar-refractivity contribution in [2.75, 3.05) is 5.75 Å². The van der Waals surface area contributed by atoms with Crippen LogP contribution in [0.1, 0.15) is 109 Å². The lowest BCUT2D eigenvalue weighted by Crippen LogP contribution is -2.62. The number of Topliss-reactive ketones (excluding diaryl/α,β-unsaturated/α-hetero) is 1. The predicted octanol–water partition coefficient (Wildman–Crippen LogP) is 7.08. The Bertz CT molecular complexity index is 1260. The Morgan fingerprint density at radius 1 is 0.976 bits per heavy atom. The van der Waals surface area contributed by atoms with E-state index < -0.39 is 15.6 Å². The van der Waals surface area contributed by atoms with E-state index in [1.165, 1.54) is 25.7 Å². The summed E-state index contributed by atoms with van der Waals surface area (Å²) < 4.78 is 25.7. The molecule has 0 amide bonds. The van der Waals surface area contributed by atoms with Crippen LogP contribution in [-0.2, 0) is 14.6 Å². The number of hydrogen-bond acceptors (Lipinski definition) is 5. The Balaban J connectivity index is 1.21. The maximum absolute atomic E-state index is 12.9. The molecule has 6 heteroatoms. The lowest BCUT2D eigenvalue weighted by molar-refractivity contribution is -0.203. The molecule has 4 aliphatic carbocycles. The van der Waals surface area contributed by atoms with E-state index in [2.05, 4.69) is 27.7 Å². The van der Waals surface area contributed by atoms with Gasteiger partial charge in [0.1, 0.15) is 11.5 Å². The van der Waals surface area contributed by atoms with Crippen LogP contribution in [0.4, 0.5) is 0 Å². The van der Waals surface area contributed by atoms with Gasteiger partial charge in [0.25, 0.3) is 0 Å². The molecular formula is C36H56O5S. The second kappa shape index (κ2) is 11.9. The van der Waals surface area contributed by atoms with Gasteiger partial charge in [-0.3, -0.25) is 4.79 Å². The Morgan fingerprint density at radius 3 is 2.36 bits per heavy atom. The average molecular weight is 601 g/mol. The lowest BCUT2D eigenvalue weighted by Gasteiger charge is -2.64. The summed E-state index contributed by atoms with van der Waals surface area (Å²) >= 11 is 0. The van der Waals surface area contributed by atoms with Crippen LogP contribution in [0.5, 0.6) is 0 Å². The van der Waals surface area contributed by atoms with Gasteiger partial charge in [-0.25, -0.2) is 8.42 Å². The van der Waals surface area contributed by atoms with Crippen molar-refractivity contribution < 1.29 is 23.4 Å². The molecule has 0 spiro atoms. The standard InChI is InChI=1S/C36H56O5S/c1-7-28-32-20-25(37)15-17-36(32,6)31-16-18-35(5)29(13-14-30(35)33(31)34(28)39)23(3)9-8-10-26(38)21-42(40,41)27-12-11-22(2)24(4)19-27/h11-12,19,23,25,28-34,37,39H,7-10,13-18,20-21H2,1-6H3/t23-,25-,28-,29-,30+,31+,32+,33+,34-,35-,36-/m1/s1. The summed E-state index contributed by atoms with van der Waals surface area (Å²) in [7, 11) is -3.62. The number of aryl methyl sites for hydroxylation is 2. The van der Waals surface area contributed by atoms with Crippen LogP contribution >= 0.6 is 0 Å². The topological polar surface area (TPSA) is 91.7 Å². The molecule has 4 saturated carbocycles. The van der Waals surface area contributed by atoms with Crippen molar-refractivity contribution >= 4 is 15.6 Å². The van der Waals surface area contributed by atoms with E-state index in [0.29, 0.717) is 41.9 Å². The fourth-order valence-electron chi connectivity index (χ4n) is 11.0. The summed E-state index contributed by atoms with van der Waals surface area (Å²) in [5.41, 5.74) is 2.38. The highest BCUT2D eigenvalue weighted by Crippen LogP contribution is 2.69. The lowest BCUT2D eigenvalue weighted by atomic mass is 9.41. The van der Waals surface area contributed by atoms with Crippen molar-refractivity contribution in [2.24, 2.45) is 52.3 Å². The van der Waals surface area contributed by atoms with Crippen molar-refractivity contribution in [3.8, 4) is 0 Å². The minimum absolute atomic E-state index is 0.187. The molecule has 0 saturated heterocycles. The van der Waals surface area contributed by atoms with E-state index in [0.717, 1.165) is 49.7 Å². The number of ketones is 1. The van der Waals surface area contributed by atoms with E-state index in [-0.39, 0.29) is 39.6 Å². The Morgan fingerprint density at radius 2 is 1.67 bits per heavy atom. The number of carbonyl (C=O) groups is 1. The maximum atomic E-state index is 12.9. The maximum Gasteiger partial charge on any atom is 0.185 e. The fourth-order valence-corrected chi connectivity index (χ4v) is 12.4. The zero-order valence-corrected chi connectivity index (χ0v) is 27.8. The van der Waals surface area contributed by atoms with E-state index in [1.54, 1.807) is 12.1 Å². The van der Waals surface area contributed by atoms with Crippen LogP contribution in [-0.4, -0.2) is 42.4 Å². The van der Waals surface area contributed by atoms with Gasteiger partial charge in [0.15, 0.2) is 9.84 Å². The number of aliphatic hydroxyl groups is 2. The SMILES string of the molecule is CC[C@H]1[C@@H](O)[C@@H]2[C@H](CC[C@]3(C)[C@@H]([C@H](C)CCCC(=O)CS(=O)(=O)c4ccc(C)c(C)c4)CC[C@@H]23)[C@@]2(C)CC[C@@H](O)C[C@@H]12. The molecule has 4 fully saturated rings. The first-order valence-electron chi connectivity index (χ1n) is 16.9. The Hall–Kier alpha value is -1.24. The second-order valence-electron chi connectivity index (χ2n) is 15.5. The van der Waals surface area contributed by atoms with Gasteiger partial charge in [-0.2, -0.15) is 0 Å². The largest absolute Gasteiger partial charge is 0.393 e. The third-order valence-electron chi connectivity index (χ3n) is 13.5. The summed E-state index contributed by atoms with van der Waals surface area (Å²) in [6.45, 7) is 13.4. The minimum Gasteiger partial charge on any atom is -0.393 e. The number of hydrogen-bond donors (Lipinski definition) is 2. The van der Waals surface area contributed by atoms with Gasteiger partial charge in [-0.05, 0) is 141 Å². The van der Waals surface area contributed by atoms with Gasteiger partial charge < -0.3 is 10.2 Å². The molecule has 0 radical (unpaired) electrons. The number of sulfone groups is 1. The summed E-state index contributed by atoms with van der Waals surface area (Å²) in [5, 5.41) is 22.5. The van der Waals surface area contributed by atoms with Crippen molar-refractivity contribution in [1.82, 2.24) is 0 Å². The van der Waals surface area contributed by atoms with Crippen molar-refractivity contribution in [3.05, 3.63) is 29.3 Å². The van der Waals surface area contributed by atoms with Crippen LogP contribution < -0.4 is 0 Å². The summed E-state index contributed by atoms with van der Waals surface area (Å²) in [6, 6.07) is 5.10. The van der Waals surface area contributed by atoms with Gasteiger partial charge in [0, 0.05) is 6.42 Å². The molecule has 0 aliphatic heterocycles. The third-order valence-corrected chi connectivity index (χ3v) is 15.1. The van der Waals surface area contributed by atoms with E-state index in [9.17, 15) is 23.4 Å². The smallest absolute Gasteiger partial charge is 0.185 e. The highest BCUT2D eigenvalue weighted by Gasteiger charge is 2.64. The molecule has 0 bridgehead atoms. The van der Waals surface area contributed by atoms with E-state index in [4.69, 9.17) is 0 Å². The molecule has 1 aromatic rings. The average Bonchev–Trinajstić information content (AvgIpc) is 3.28. The third kappa shape index (κ3) is 5.55. The molecule has 236 valence electrons. The van der Waals surface area contributed by atoms with Gasteiger partial charge in [0.2, 0.25) is 0 Å². The molecule has 5 nitrogen and oxygen atoms in total. The van der Waals surface area contributed by atoms with Crippen LogP contribution in [0.3, 0.4) is 0 Å². The van der Waals surface area contributed by atoms with E-state index >= 15 is 0 Å². The van der Waals surface area contributed by atoms with Crippen molar-refractivity contribution in [1.29, 1.82) is 0 Å². The Labute approximate surface area is 255 Å². The number of aliphatic hydroxyl groups excluding tert-OH is 2. The van der Waals surface area contributed by atoms with Crippen molar-refractivity contribution in [3.63, 3.8) is 0 Å². The molecule has 4 aliphatic rings. The molecule has 0 unspecified atom stereocenters. The first-order chi connectivity index (χ1) is 19.7. The Kier molecular flexibility index (Phi) is 9.14. The van der Waals surface area contributed by atoms with E-state index in [1.807, 2.05) is 19.9 Å². The highest BCUT2D eigenvalue weighted by molar-refractivity contribution is 7.92. The molecule has 42 heavy (non-hydrogen) atoms. The summed E-state index contributed by atoms with van der Waals surface area (Å²) in [4.78, 5) is 13.0. The first kappa shape index (κ1) is 32.2. The number of rotatable bonds is 9. The summed E-state index contributed by atoms with van der Waals surface area (Å²) in [5.74, 6) is 2.55. The number of benzene rings is 1. The predicted molar refractivity (Wildman–Crippen MR) is 168 cm³/mol. The minimum atomic E-state index is -3.62. The molecule has 0 aromatic heterocycles. The molecule has 1 aromatic carbocycles. The normalized spacial score (nSPS) is 40.6. The molecule has 2 N–H and O–H groups in total. The van der Waals surface area contributed by atoms with Gasteiger partial charge in [0.05, 0.1) is 17.1 Å². The zero-order valence-electron chi connectivity index (χ0n) is 26.9. The second-order valence-corrected chi connectivity index (χ2v) is 17.5. The monoisotopic (exact) mass is 600 g/mol. The zero-order chi connectivity index (χ0) is 30.6. The number of carbonyl (C=O) groups excluding carboxylic acids is 1.